The Kier molecular flexibility index (Phi) is 4.87. The Morgan fingerprint density at radius 3 is 2.80 bits per heavy atom. The average molecular weight is 340 g/mol. The van der Waals surface area contributed by atoms with Crippen LogP contribution >= 0.6 is 0 Å². The summed E-state index contributed by atoms with van der Waals surface area (Å²) in [7, 11) is 0. The van der Waals surface area contributed by atoms with Crippen molar-refractivity contribution in [1.29, 1.82) is 0 Å². The molecule has 8 heteroatoms. The Hall–Kier alpha value is -3.03. The molecule has 1 atom stereocenters. The molecule has 0 spiro atoms. The van der Waals surface area contributed by atoms with Gasteiger partial charge in [0.15, 0.2) is 0 Å². The minimum absolute atomic E-state index is 0.0491. The summed E-state index contributed by atoms with van der Waals surface area (Å²) in [5, 5.41) is 6.91. The Balaban J connectivity index is 1.76. The number of nitrogens with one attached hydrogen (secondary N) is 1. The first-order valence-electron chi connectivity index (χ1n) is 8.14. The first-order valence-corrected chi connectivity index (χ1v) is 8.14. The first kappa shape index (κ1) is 16.8. The number of hydrogen-bond acceptors (Lipinski definition) is 6. The standard InChI is InChI=1S/C17H20N6O2/c1-4-11(2)19-15(24)10-23-9-14(20-12(23)3)16-21-17(25-22-16)13-5-7-18-8-6-13/h5-9,11H,4,10H2,1-3H3,(H,19,24). The molecule has 0 saturated heterocycles. The number of carbonyl (C=O) groups is 1. The third kappa shape index (κ3) is 3.90. The lowest BCUT2D eigenvalue weighted by atomic mass is 10.2. The molecular weight excluding hydrogens is 320 g/mol. The van der Waals surface area contributed by atoms with Crippen molar-refractivity contribution >= 4 is 5.91 Å². The van der Waals surface area contributed by atoms with Gasteiger partial charge in [-0.05, 0) is 32.4 Å². The number of rotatable bonds is 6. The number of aryl methyl sites for hydroxylation is 1. The van der Waals surface area contributed by atoms with Gasteiger partial charge in [-0.1, -0.05) is 12.1 Å². The van der Waals surface area contributed by atoms with E-state index in [1.54, 1.807) is 35.3 Å². The minimum atomic E-state index is -0.0491. The van der Waals surface area contributed by atoms with Gasteiger partial charge in [-0.15, -0.1) is 0 Å². The average Bonchev–Trinajstić information content (AvgIpc) is 3.23. The van der Waals surface area contributed by atoms with Crippen molar-refractivity contribution in [2.45, 2.75) is 39.8 Å². The number of aromatic nitrogens is 5. The predicted octanol–water partition coefficient (Wildman–Crippen LogP) is 2.22. The second-order valence-corrected chi connectivity index (χ2v) is 5.84. The highest BCUT2D eigenvalue weighted by atomic mass is 16.5. The molecule has 1 amide bonds. The van der Waals surface area contributed by atoms with E-state index in [2.05, 4.69) is 25.4 Å². The lowest BCUT2D eigenvalue weighted by Gasteiger charge is -2.12. The highest BCUT2D eigenvalue weighted by Gasteiger charge is 2.16. The van der Waals surface area contributed by atoms with Crippen LogP contribution in [0.3, 0.4) is 0 Å². The van der Waals surface area contributed by atoms with Gasteiger partial charge in [0.25, 0.3) is 5.89 Å². The smallest absolute Gasteiger partial charge is 0.258 e. The highest BCUT2D eigenvalue weighted by Crippen LogP contribution is 2.21. The van der Waals surface area contributed by atoms with Crippen LogP contribution in [0.1, 0.15) is 26.1 Å². The van der Waals surface area contributed by atoms with Gasteiger partial charge in [0.05, 0.1) is 0 Å². The van der Waals surface area contributed by atoms with Gasteiger partial charge in [-0.3, -0.25) is 9.78 Å². The summed E-state index contributed by atoms with van der Waals surface area (Å²) in [5.41, 5.74) is 1.36. The number of hydrogen-bond donors (Lipinski definition) is 1. The molecule has 3 rings (SSSR count). The zero-order valence-corrected chi connectivity index (χ0v) is 14.4. The summed E-state index contributed by atoms with van der Waals surface area (Å²) >= 11 is 0. The third-order valence-electron chi connectivity index (χ3n) is 3.89. The molecular formula is C17H20N6O2. The van der Waals surface area contributed by atoms with Crippen LogP contribution in [0.15, 0.2) is 35.2 Å². The Labute approximate surface area is 145 Å². The normalized spacial score (nSPS) is 12.1. The van der Waals surface area contributed by atoms with Crippen LogP contribution in [-0.2, 0) is 11.3 Å². The van der Waals surface area contributed by atoms with E-state index in [0.717, 1.165) is 12.0 Å². The third-order valence-corrected chi connectivity index (χ3v) is 3.89. The van der Waals surface area contributed by atoms with Crippen LogP contribution < -0.4 is 5.32 Å². The van der Waals surface area contributed by atoms with Crippen LogP contribution in [0.25, 0.3) is 23.0 Å². The molecule has 0 bridgehead atoms. The summed E-state index contributed by atoms with van der Waals surface area (Å²) in [6.45, 7) is 6.05. The van der Waals surface area contributed by atoms with Crippen molar-refractivity contribution in [1.82, 2.24) is 30.0 Å². The van der Waals surface area contributed by atoms with Gasteiger partial charge in [0, 0.05) is 30.2 Å². The van der Waals surface area contributed by atoms with E-state index in [0.29, 0.717) is 23.2 Å². The topological polar surface area (TPSA) is 98.7 Å². The maximum absolute atomic E-state index is 12.1. The van der Waals surface area contributed by atoms with Crippen molar-refractivity contribution in [2.75, 3.05) is 0 Å². The second kappa shape index (κ2) is 7.25. The van der Waals surface area contributed by atoms with Crippen LogP contribution in [0.2, 0.25) is 0 Å². The summed E-state index contributed by atoms with van der Waals surface area (Å²) < 4.78 is 7.06. The fraction of sp³-hybridized carbons (Fsp3) is 0.353. The molecule has 3 aromatic heterocycles. The molecule has 0 radical (unpaired) electrons. The first-order chi connectivity index (χ1) is 12.1. The van der Waals surface area contributed by atoms with Crippen molar-refractivity contribution in [3.05, 3.63) is 36.5 Å². The molecule has 0 aliphatic rings. The van der Waals surface area contributed by atoms with Crippen molar-refractivity contribution in [3.8, 4) is 23.0 Å². The molecule has 0 saturated carbocycles. The van der Waals surface area contributed by atoms with Crippen molar-refractivity contribution < 1.29 is 9.32 Å². The minimum Gasteiger partial charge on any atom is -0.352 e. The fourth-order valence-corrected chi connectivity index (χ4v) is 2.29. The number of carbonyl (C=O) groups excluding carboxylic acids is 1. The molecule has 25 heavy (non-hydrogen) atoms. The molecule has 3 heterocycles. The van der Waals surface area contributed by atoms with Gasteiger partial charge in [-0.25, -0.2) is 4.98 Å². The van der Waals surface area contributed by atoms with Crippen molar-refractivity contribution in [2.24, 2.45) is 0 Å². The van der Waals surface area contributed by atoms with E-state index in [1.165, 1.54) is 0 Å². The van der Waals surface area contributed by atoms with Crippen LogP contribution in [0.4, 0.5) is 0 Å². The number of amides is 1. The summed E-state index contributed by atoms with van der Waals surface area (Å²) in [4.78, 5) is 24.8. The molecule has 0 aliphatic carbocycles. The van der Waals surface area contributed by atoms with Gasteiger partial charge in [-0.2, -0.15) is 4.98 Å². The van der Waals surface area contributed by atoms with E-state index in [9.17, 15) is 4.79 Å². The molecule has 0 aromatic carbocycles. The number of nitrogens with zero attached hydrogens (tertiary/aromatic N) is 5. The van der Waals surface area contributed by atoms with Gasteiger partial charge >= 0.3 is 0 Å². The summed E-state index contributed by atoms with van der Waals surface area (Å²) in [5.74, 6) is 1.45. The molecule has 1 unspecified atom stereocenters. The molecule has 1 N–H and O–H groups in total. The molecule has 0 fully saturated rings. The molecule has 3 aromatic rings. The zero-order chi connectivity index (χ0) is 17.8. The SMILES string of the molecule is CCC(C)NC(=O)Cn1cc(-c2noc(-c3ccncc3)n2)nc1C. The Morgan fingerprint density at radius 2 is 2.08 bits per heavy atom. The molecule has 0 aliphatic heterocycles. The maximum atomic E-state index is 12.1. The number of imidazole rings is 1. The lowest BCUT2D eigenvalue weighted by Crippen LogP contribution is -2.34. The quantitative estimate of drug-likeness (QED) is 0.739. The molecule has 8 nitrogen and oxygen atoms in total. The second-order valence-electron chi connectivity index (χ2n) is 5.84. The van der Waals surface area contributed by atoms with Crippen LogP contribution in [0.5, 0.6) is 0 Å². The Bertz CT molecular complexity index is 855. The fourth-order valence-electron chi connectivity index (χ4n) is 2.29. The van der Waals surface area contributed by atoms with Crippen LogP contribution in [-0.4, -0.2) is 36.6 Å². The monoisotopic (exact) mass is 340 g/mol. The van der Waals surface area contributed by atoms with E-state index >= 15 is 0 Å². The van der Waals surface area contributed by atoms with Crippen molar-refractivity contribution in [3.63, 3.8) is 0 Å². The van der Waals surface area contributed by atoms with Gasteiger partial charge in [0.1, 0.15) is 18.1 Å². The van der Waals surface area contributed by atoms with E-state index in [1.807, 2.05) is 20.8 Å². The lowest BCUT2D eigenvalue weighted by molar-refractivity contribution is -0.122. The van der Waals surface area contributed by atoms with E-state index in [4.69, 9.17) is 4.52 Å². The number of pyridine rings is 1. The van der Waals surface area contributed by atoms with Crippen LogP contribution in [0, 0.1) is 6.92 Å². The molecule has 130 valence electrons. The predicted molar refractivity (Wildman–Crippen MR) is 91.4 cm³/mol. The van der Waals surface area contributed by atoms with E-state index < -0.39 is 0 Å². The van der Waals surface area contributed by atoms with Gasteiger partial charge in [0.2, 0.25) is 11.7 Å². The zero-order valence-electron chi connectivity index (χ0n) is 14.4. The highest BCUT2D eigenvalue weighted by molar-refractivity contribution is 5.76. The summed E-state index contributed by atoms with van der Waals surface area (Å²) in [6, 6.07) is 3.73. The summed E-state index contributed by atoms with van der Waals surface area (Å²) in [6.07, 6.45) is 5.97. The van der Waals surface area contributed by atoms with Gasteiger partial charge < -0.3 is 14.4 Å². The maximum Gasteiger partial charge on any atom is 0.258 e. The Morgan fingerprint density at radius 1 is 1.32 bits per heavy atom. The largest absolute Gasteiger partial charge is 0.352 e. The van der Waals surface area contributed by atoms with E-state index in [-0.39, 0.29) is 18.5 Å².